The van der Waals surface area contributed by atoms with E-state index in [0.717, 1.165) is 5.46 Å². The molecule has 2 rings (SSSR count). The average Bonchev–Trinajstić information content (AvgIpc) is 2.34. The molecule has 0 spiro atoms. The van der Waals surface area contributed by atoms with Crippen LogP contribution in [0.5, 0.6) is 5.75 Å². The minimum atomic E-state index is -0.448. The molecule has 0 unspecified atom stereocenters. The van der Waals surface area contributed by atoms with E-state index < -0.39 is 6.33 Å². The van der Waals surface area contributed by atoms with Crippen LogP contribution in [0.15, 0.2) is 24.3 Å². The molecule has 0 radical (unpaired) electrons. The molecule has 0 amide bonds. The van der Waals surface area contributed by atoms with Crippen molar-refractivity contribution in [3.8, 4) is 5.75 Å². The maximum atomic E-state index is 5.70. The monoisotopic (exact) mass is 154 g/mol. The van der Waals surface area contributed by atoms with E-state index in [1.54, 1.807) is 0 Å². The highest BCUT2D eigenvalue weighted by atomic mass is 35.5. The Bertz CT molecular complexity index is 253. The molecular weight excluding hydrogens is 150 g/mol. The smallest absolute Gasteiger partial charge is 0.352 e. The van der Waals surface area contributed by atoms with Crippen LogP contribution in [0.25, 0.3) is 0 Å². The van der Waals surface area contributed by atoms with Crippen molar-refractivity contribution in [2.45, 2.75) is 0 Å². The van der Waals surface area contributed by atoms with Crippen molar-refractivity contribution in [1.29, 1.82) is 0 Å². The zero-order valence-electron chi connectivity index (χ0n) is 5.08. The molecule has 0 fully saturated rings. The SMILES string of the molecule is ClB1OOc2ccccc21. The second-order valence-corrected chi connectivity index (χ2v) is 2.43. The molecule has 0 atom stereocenters. The van der Waals surface area contributed by atoms with Crippen molar-refractivity contribution >= 4 is 23.3 Å². The van der Waals surface area contributed by atoms with Crippen molar-refractivity contribution in [2.75, 3.05) is 0 Å². The van der Waals surface area contributed by atoms with Gasteiger partial charge in [-0.25, -0.2) is 4.81 Å². The van der Waals surface area contributed by atoms with Crippen molar-refractivity contribution in [2.24, 2.45) is 0 Å². The highest BCUT2D eigenvalue weighted by Crippen LogP contribution is 2.16. The molecule has 1 aromatic carbocycles. The number of hydrogen-bond donors (Lipinski definition) is 0. The van der Waals surface area contributed by atoms with Gasteiger partial charge in [0.05, 0.1) is 0 Å². The van der Waals surface area contributed by atoms with Crippen molar-refractivity contribution in [3.63, 3.8) is 0 Å². The lowest BCUT2D eigenvalue weighted by atomic mass is 9.87. The number of para-hydroxylation sites is 1. The van der Waals surface area contributed by atoms with Gasteiger partial charge in [0.15, 0.2) is 5.75 Å². The standard InChI is InChI=1S/C6H4BClO2/c8-7-5-3-1-2-4-6(5)9-10-7/h1-4H. The number of halogens is 1. The Morgan fingerprint density at radius 1 is 1.30 bits per heavy atom. The van der Waals surface area contributed by atoms with Gasteiger partial charge in [0.2, 0.25) is 0 Å². The number of hydrogen-bond acceptors (Lipinski definition) is 2. The fourth-order valence-electron chi connectivity index (χ4n) is 0.890. The van der Waals surface area contributed by atoms with Gasteiger partial charge < -0.3 is 4.89 Å². The fraction of sp³-hybridized carbons (Fsp3) is 0. The average molecular weight is 154 g/mol. The highest BCUT2D eigenvalue weighted by Gasteiger charge is 2.28. The van der Waals surface area contributed by atoms with E-state index in [1.165, 1.54) is 0 Å². The van der Waals surface area contributed by atoms with Crippen LogP contribution < -0.4 is 10.4 Å². The van der Waals surface area contributed by atoms with E-state index in [9.17, 15) is 0 Å². The Morgan fingerprint density at radius 3 is 2.90 bits per heavy atom. The van der Waals surface area contributed by atoms with E-state index >= 15 is 0 Å². The summed E-state index contributed by atoms with van der Waals surface area (Å²) < 4.78 is 0. The van der Waals surface area contributed by atoms with E-state index in [-0.39, 0.29) is 0 Å². The van der Waals surface area contributed by atoms with Gasteiger partial charge in [-0.2, -0.15) is 0 Å². The largest absolute Gasteiger partial charge is 0.491 e. The first kappa shape index (κ1) is 6.07. The topological polar surface area (TPSA) is 18.5 Å². The minimum absolute atomic E-state index is 0.448. The lowest BCUT2D eigenvalue weighted by Gasteiger charge is -1.90. The zero-order chi connectivity index (χ0) is 6.97. The molecule has 0 N–H and O–H groups in total. The summed E-state index contributed by atoms with van der Waals surface area (Å²) in [6.07, 6.45) is -0.448. The van der Waals surface area contributed by atoms with E-state index in [1.807, 2.05) is 24.3 Å². The molecule has 1 aliphatic heterocycles. The third-order valence-corrected chi connectivity index (χ3v) is 1.69. The molecule has 0 saturated carbocycles. The summed E-state index contributed by atoms with van der Waals surface area (Å²) in [6, 6.07) is 7.46. The van der Waals surface area contributed by atoms with Gasteiger partial charge in [-0.15, -0.1) is 11.5 Å². The third kappa shape index (κ3) is 0.787. The number of benzene rings is 1. The molecular formula is C6H4BClO2. The molecule has 10 heavy (non-hydrogen) atoms. The van der Waals surface area contributed by atoms with Crippen molar-refractivity contribution in [3.05, 3.63) is 24.3 Å². The Hall–Kier alpha value is -0.665. The van der Waals surface area contributed by atoms with Gasteiger partial charge in [-0.3, -0.25) is 0 Å². The summed E-state index contributed by atoms with van der Waals surface area (Å²) in [6.45, 7) is 0. The zero-order valence-corrected chi connectivity index (χ0v) is 5.84. The molecule has 2 nitrogen and oxygen atoms in total. The van der Waals surface area contributed by atoms with Crippen LogP contribution in [0.4, 0.5) is 0 Å². The van der Waals surface area contributed by atoms with Crippen molar-refractivity contribution < 1.29 is 9.69 Å². The van der Waals surface area contributed by atoms with Crippen LogP contribution in [0.3, 0.4) is 0 Å². The summed E-state index contributed by atoms with van der Waals surface area (Å²) in [7, 11) is 0. The van der Waals surface area contributed by atoms with Gasteiger partial charge in [0, 0.05) is 5.46 Å². The van der Waals surface area contributed by atoms with Crippen LogP contribution in [0.1, 0.15) is 0 Å². The van der Waals surface area contributed by atoms with Gasteiger partial charge in [0.25, 0.3) is 0 Å². The Morgan fingerprint density at radius 2 is 2.10 bits per heavy atom. The summed E-state index contributed by atoms with van der Waals surface area (Å²) in [5.41, 5.74) is 0.893. The lowest BCUT2D eigenvalue weighted by molar-refractivity contribution is -0.0883. The molecule has 50 valence electrons. The normalized spacial score (nSPS) is 14.7. The first-order valence-corrected chi connectivity index (χ1v) is 3.38. The van der Waals surface area contributed by atoms with Crippen LogP contribution in [-0.4, -0.2) is 6.33 Å². The second kappa shape index (κ2) is 2.18. The van der Waals surface area contributed by atoms with Crippen LogP contribution in [0, 0.1) is 0 Å². The predicted molar refractivity (Wildman–Crippen MR) is 39.4 cm³/mol. The summed E-state index contributed by atoms with van der Waals surface area (Å²) in [4.78, 5) is 9.47. The maximum absolute atomic E-state index is 5.70. The van der Waals surface area contributed by atoms with Crippen LogP contribution in [0.2, 0.25) is 0 Å². The van der Waals surface area contributed by atoms with Crippen LogP contribution >= 0.6 is 11.5 Å². The molecule has 1 aliphatic rings. The lowest BCUT2D eigenvalue weighted by Crippen LogP contribution is -2.19. The summed E-state index contributed by atoms with van der Waals surface area (Å²) >= 11 is 5.70. The Labute approximate surface area is 63.7 Å². The first-order chi connectivity index (χ1) is 4.88. The fourth-order valence-corrected chi connectivity index (χ4v) is 1.11. The molecule has 1 heterocycles. The van der Waals surface area contributed by atoms with Gasteiger partial charge in [-0.1, -0.05) is 18.2 Å². The van der Waals surface area contributed by atoms with E-state index in [2.05, 4.69) is 4.81 Å². The second-order valence-electron chi connectivity index (χ2n) is 2.03. The molecule has 4 heteroatoms. The Balaban J connectivity index is 2.51. The highest BCUT2D eigenvalue weighted by molar-refractivity contribution is 7.11. The molecule has 0 aliphatic carbocycles. The van der Waals surface area contributed by atoms with Gasteiger partial charge >= 0.3 is 6.33 Å². The summed E-state index contributed by atoms with van der Waals surface area (Å²) in [5.74, 6) is 0.711. The molecule has 1 aromatic rings. The van der Waals surface area contributed by atoms with E-state index in [0.29, 0.717) is 5.75 Å². The maximum Gasteiger partial charge on any atom is 0.491 e. The predicted octanol–water partition coefficient (Wildman–Crippen LogP) is 0.945. The van der Waals surface area contributed by atoms with Gasteiger partial charge in [-0.05, 0) is 6.07 Å². The first-order valence-electron chi connectivity index (χ1n) is 2.94. The Kier molecular flexibility index (Phi) is 1.32. The van der Waals surface area contributed by atoms with Gasteiger partial charge in [0.1, 0.15) is 0 Å². The third-order valence-electron chi connectivity index (χ3n) is 1.39. The number of fused-ring (bicyclic) bond motifs is 1. The van der Waals surface area contributed by atoms with Crippen LogP contribution in [-0.2, 0) is 4.81 Å². The molecule has 0 bridgehead atoms. The quantitative estimate of drug-likeness (QED) is 0.409. The molecule has 0 aromatic heterocycles. The molecule has 0 saturated heterocycles. The number of rotatable bonds is 0. The van der Waals surface area contributed by atoms with E-state index in [4.69, 9.17) is 16.3 Å². The minimum Gasteiger partial charge on any atom is -0.352 e. The summed E-state index contributed by atoms with van der Waals surface area (Å²) in [5, 5.41) is 0. The van der Waals surface area contributed by atoms with Crippen molar-refractivity contribution in [1.82, 2.24) is 0 Å².